The average molecular weight is 329 g/mol. The number of carboxylic acid groups (broad SMARTS) is 1. The Balaban J connectivity index is 1.65. The van der Waals surface area contributed by atoms with Gasteiger partial charge in [-0.1, -0.05) is 0 Å². The Kier molecular flexibility index (Phi) is 4.24. The third-order valence-electron chi connectivity index (χ3n) is 4.55. The van der Waals surface area contributed by atoms with Crippen LogP contribution in [0, 0.1) is 11.8 Å². The van der Waals surface area contributed by atoms with E-state index in [1.807, 2.05) is 0 Å². The number of rotatable bonds is 4. The van der Waals surface area contributed by atoms with Gasteiger partial charge in [0.15, 0.2) is 0 Å². The van der Waals surface area contributed by atoms with Gasteiger partial charge in [-0.2, -0.15) is 4.31 Å². The quantitative estimate of drug-likeness (QED) is 0.890. The maximum atomic E-state index is 12.4. The van der Waals surface area contributed by atoms with E-state index in [2.05, 4.69) is 0 Å². The summed E-state index contributed by atoms with van der Waals surface area (Å²) >= 11 is 0. The molecular formula is C14H19NO6S. The summed E-state index contributed by atoms with van der Waals surface area (Å²) in [5.74, 6) is -1.20. The minimum atomic E-state index is -3.51. The van der Waals surface area contributed by atoms with Crippen molar-refractivity contribution in [1.82, 2.24) is 4.31 Å². The highest BCUT2D eigenvalue weighted by atomic mass is 32.2. The molecule has 0 amide bonds. The van der Waals surface area contributed by atoms with Crippen LogP contribution in [0.25, 0.3) is 0 Å². The van der Waals surface area contributed by atoms with Gasteiger partial charge in [-0.15, -0.1) is 0 Å². The van der Waals surface area contributed by atoms with Crippen molar-refractivity contribution in [3.8, 4) is 0 Å². The van der Waals surface area contributed by atoms with Crippen LogP contribution in [0.15, 0.2) is 27.9 Å². The lowest BCUT2D eigenvalue weighted by atomic mass is 9.85. The summed E-state index contributed by atoms with van der Waals surface area (Å²) in [5, 5.41) is 9.22. The molecule has 0 bridgehead atoms. The number of carboxylic acids is 1. The number of piperidine rings is 1. The Morgan fingerprint density at radius 3 is 2.59 bits per heavy atom. The van der Waals surface area contributed by atoms with Gasteiger partial charge in [0.25, 0.3) is 0 Å². The SMILES string of the molecule is O=C(O)[C@@H]1CCO[C@H]1C1CCN(S(=O)(=O)c2ccoc2)CC1. The van der Waals surface area contributed by atoms with E-state index in [0.29, 0.717) is 39.0 Å². The summed E-state index contributed by atoms with van der Waals surface area (Å²) < 4.78 is 36.6. The summed E-state index contributed by atoms with van der Waals surface area (Å²) in [5.41, 5.74) is 0. The standard InChI is InChI=1S/C14H19NO6S/c16-14(17)12-4-8-21-13(12)10-1-5-15(6-2-10)22(18,19)11-3-7-20-9-11/h3,7,9-10,12-13H,1-2,4-6,8H2,(H,16,17)/t12-,13+/m1/s1. The molecule has 22 heavy (non-hydrogen) atoms. The molecule has 2 fully saturated rings. The minimum Gasteiger partial charge on any atom is -0.481 e. The Morgan fingerprint density at radius 1 is 1.27 bits per heavy atom. The molecule has 1 aromatic heterocycles. The average Bonchev–Trinajstić information content (AvgIpc) is 3.19. The van der Waals surface area contributed by atoms with Crippen LogP contribution in [0.3, 0.4) is 0 Å². The molecule has 8 heteroatoms. The third-order valence-corrected chi connectivity index (χ3v) is 6.42. The molecule has 3 rings (SSSR count). The molecule has 3 heterocycles. The second kappa shape index (κ2) is 6.02. The normalized spacial score (nSPS) is 28.0. The molecule has 0 radical (unpaired) electrons. The van der Waals surface area contributed by atoms with E-state index in [-0.39, 0.29) is 16.9 Å². The number of ether oxygens (including phenoxy) is 1. The lowest BCUT2D eigenvalue weighted by Crippen LogP contribution is -2.43. The molecule has 2 atom stereocenters. The fraction of sp³-hybridized carbons (Fsp3) is 0.643. The Bertz CT molecular complexity index is 618. The van der Waals surface area contributed by atoms with Crippen LogP contribution in [0.5, 0.6) is 0 Å². The first-order chi connectivity index (χ1) is 10.5. The van der Waals surface area contributed by atoms with Crippen LogP contribution in [0.1, 0.15) is 19.3 Å². The lowest BCUT2D eigenvalue weighted by molar-refractivity contribution is -0.145. The van der Waals surface area contributed by atoms with Gasteiger partial charge in [0.2, 0.25) is 10.0 Å². The third kappa shape index (κ3) is 2.78. The van der Waals surface area contributed by atoms with Crippen LogP contribution in [-0.2, 0) is 19.6 Å². The van der Waals surface area contributed by atoms with Crippen molar-refractivity contribution in [2.75, 3.05) is 19.7 Å². The Hall–Kier alpha value is -1.38. The first-order valence-electron chi connectivity index (χ1n) is 7.37. The van der Waals surface area contributed by atoms with E-state index < -0.39 is 21.9 Å². The number of furan rings is 1. The number of nitrogens with zero attached hydrogens (tertiary/aromatic N) is 1. The van der Waals surface area contributed by atoms with E-state index in [4.69, 9.17) is 9.15 Å². The van der Waals surface area contributed by atoms with Crippen molar-refractivity contribution in [3.63, 3.8) is 0 Å². The number of sulfonamides is 1. The number of carbonyl (C=O) groups is 1. The molecule has 0 spiro atoms. The minimum absolute atomic E-state index is 0.0967. The molecule has 0 aromatic carbocycles. The van der Waals surface area contributed by atoms with Crippen molar-refractivity contribution in [2.24, 2.45) is 11.8 Å². The molecule has 2 aliphatic rings. The first kappa shape index (κ1) is 15.5. The van der Waals surface area contributed by atoms with E-state index in [0.717, 1.165) is 0 Å². The molecule has 0 unspecified atom stereocenters. The molecule has 2 saturated heterocycles. The Morgan fingerprint density at radius 2 is 2.00 bits per heavy atom. The van der Waals surface area contributed by atoms with Crippen molar-refractivity contribution in [2.45, 2.75) is 30.3 Å². The molecule has 0 aliphatic carbocycles. The fourth-order valence-electron chi connectivity index (χ4n) is 3.33. The van der Waals surface area contributed by atoms with Gasteiger partial charge in [0.1, 0.15) is 11.2 Å². The maximum Gasteiger partial charge on any atom is 0.309 e. The van der Waals surface area contributed by atoms with Crippen molar-refractivity contribution in [1.29, 1.82) is 0 Å². The highest BCUT2D eigenvalue weighted by molar-refractivity contribution is 7.89. The van der Waals surface area contributed by atoms with Gasteiger partial charge in [-0.25, -0.2) is 8.42 Å². The lowest BCUT2D eigenvalue weighted by Gasteiger charge is -2.34. The van der Waals surface area contributed by atoms with Gasteiger partial charge in [0.05, 0.1) is 18.3 Å². The number of aliphatic carboxylic acids is 1. The highest BCUT2D eigenvalue weighted by Crippen LogP contribution is 2.34. The van der Waals surface area contributed by atoms with Crippen molar-refractivity contribution >= 4 is 16.0 Å². The molecule has 1 aromatic rings. The molecule has 7 nitrogen and oxygen atoms in total. The van der Waals surface area contributed by atoms with Gasteiger partial charge in [-0.05, 0) is 31.2 Å². The summed E-state index contributed by atoms with van der Waals surface area (Å²) in [6.07, 6.45) is 4.03. The maximum absolute atomic E-state index is 12.4. The van der Waals surface area contributed by atoms with E-state index in [1.54, 1.807) is 0 Å². The zero-order valence-electron chi connectivity index (χ0n) is 12.1. The van der Waals surface area contributed by atoms with Crippen LogP contribution >= 0.6 is 0 Å². The summed E-state index contributed by atoms with van der Waals surface area (Å²) in [7, 11) is -3.51. The molecule has 122 valence electrons. The number of hydrogen-bond acceptors (Lipinski definition) is 5. The van der Waals surface area contributed by atoms with Crippen molar-refractivity contribution < 1.29 is 27.5 Å². The predicted molar refractivity (Wildman–Crippen MR) is 75.7 cm³/mol. The monoisotopic (exact) mass is 329 g/mol. The Labute approximate surface area is 128 Å². The van der Waals surface area contributed by atoms with E-state index in [9.17, 15) is 18.3 Å². The van der Waals surface area contributed by atoms with Gasteiger partial charge in [-0.3, -0.25) is 4.79 Å². The molecule has 0 saturated carbocycles. The zero-order valence-corrected chi connectivity index (χ0v) is 12.9. The topological polar surface area (TPSA) is 97.0 Å². The first-order valence-corrected chi connectivity index (χ1v) is 8.81. The smallest absolute Gasteiger partial charge is 0.309 e. The van der Waals surface area contributed by atoms with Crippen molar-refractivity contribution in [3.05, 3.63) is 18.6 Å². The zero-order chi connectivity index (χ0) is 15.7. The van der Waals surface area contributed by atoms with E-state index >= 15 is 0 Å². The van der Waals surface area contributed by atoms with Crippen LogP contribution in [-0.4, -0.2) is 49.6 Å². The van der Waals surface area contributed by atoms with Crippen LogP contribution in [0.2, 0.25) is 0 Å². The molecule has 2 aliphatic heterocycles. The molecule has 1 N–H and O–H groups in total. The highest BCUT2D eigenvalue weighted by Gasteiger charge is 2.41. The summed E-state index contributed by atoms with van der Waals surface area (Å²) in [6, 6.07) is 1.43. The van der Waals surface area contributed by atoms with Crippen LogP contribution < -0.4 is 0 Å². The molecular weight excluding hydrogens is 310 g/mol. The van der Waals surface area contributed by atoms with Gasteiger partial charge < -0.3 is 14.3 Å². The largest absolute Gasteiger partial charge is 0.481 e. The van der Waals surface area contributed by atoms with Gasteiger partial charge >= 0.3 is 5.97 Å². The van der Waals surface area contributed by atoms with Gasteiger partial charge in [0, 0.05) is 19.7 Å². The predicted octanol–water partition coefficient (Wildman–Crippen LogP) is 1.17. The van der Waals surface area contributed by atoms with Crippen LogP contribution in [0.4, 0.5) is 0 Å². The number of hydrogen-bond donors (Lipinski definition) is 1. The summed E-state index contributed by atoms with van der Waals surface area (Å²) in [6.45, 7) is 1.23. The summed E-state index contributed by atoms with van der Waals surface area (Å²) in [4.78, 5) is 11.4. The second-order valence-electron chi connectivity index (χ2n) is 5.77. The van der Waals surface area contributed by atoms with E-state index in [1.165, 1.54) is 22.9 Å². The fourth-order valence-corrected chi connectivity index (χ4v) is 4.73. The second-order valence-corrected chi connectivity index (χ2v) is 7.71.